The number of carbonyl (C=O) groups is 1. The molecule has 2 rings (SSSR count). The van der Waals surface area contributed by atoms with Gasteiger partial charge >= 0.3 is 0 Å². The third-order valence-corrected chi connectivity index (χ3v) is 3.23. The maximum absolute atomic E-state index is 12.2. The van der Waals surface area contributed by atoms with Crippen molar-refractivity contribution < 1.29 is 9.53 Å². The molecule has 0 saturated carbocycles. The molecule has 0 radical (unpaired) electrons. The van der Waals surface area contributed by atoms with E-state index < -0.39 is 0 Å². The molecule has 1 aromatic heterocycles. The lowest BCUT2D eigenvalue weighted by Crippen LogP contribution is -2.20. The number of thiocarbonyl (C=S) groups is 1. The number of hydrogen-bond acceptors (Lipinski definition) is 4. The zero-order valence-corrected chi connectivity index (χ0v) is 12.6. The molecular formula is C14H16N4O2S. The van der Waals surface area contributed by atoms with Gasteiger partial charge in [0.15, 0.2) is 0 Å². The van der Waals surface area contributed by atoms with E-state index >= 15 is 0 Å². The number of benzene rings is 1. The Balaban J connectivity index is 2.16. The van der Waals surface area contributed by atoms with Crippen LogP contribution in [0, 0.1) is 0 Å². The van der Waals surface area contributed by atoms with Gasteiger partial charge in [0.25, 0.3) is 0 Å². The third kappa shape index (κ3) is 3.38. The van der Waals surface area contributed by atoms with Crippen LogP contribution in [0.15, 0.2) is 30.5 Å². The molecule has 6 nitrogen and oxygen atoms in total. The molecule has 7 heteroatoms. The molecule has 1 heterocycles. The average molecular weight is 304 g/mol. The van der Waals surface area contributed by atoms with Crippen LogP contribution in [0.2, 0.25) is 0 Å². The molecule has 1 aromatic carbocycles. The summed E-state index contributed by atoms with van der Waals surface area (Å²) in [5, 5.41) is 6.82. The number of aryl methyl sites for hydroxylation is 1. The minimum absolute atomic E-state index is 0.186. The van der Waals surface area contributed by atoms with Gasteiger partial charge in [-0.25, -0.2) is 0 Å². The Morgan fingerprint density at radius 1 is 1.48 bits per heavy atom. The number of rotatable bonds is 5. The molecular weight excluding hydrogens is 288 g/mol. The minimum Gasteiger partial charge on any atom is -0.496 e. The summed E-state index contributed by atoms with van der Waals surface area (Å²) in [6.45, 7) is 0. The van der Waals surface area contributed by atoms with Crippen LogP contribution in [-0.2, 0) is 18.3 Å². The summed E-state index contributed by atoms with van der Waals surface area (Å²) in [4.78, 5) is 12.4. The maximum Gasteiger partial charge on any atom is 0.230 e. The number of hydrogen-bond donors (Lipinski definition) is 2. The Labute approximate surface area is 127 Å². The van der Waals surface area contributed by atoms with Crippen molar-refractivity contribution in [2.45, 2.75) is 6.42 Å². The van der Waals surface area contributed by atoms with Crippen molar-refractivity contribution >= 4 is 28.9 Å². The van der Waals surface area contributed by atoms with Crippen molar-refractivity contribution in [3.8, 4) is 5.75 Å². The number of anilines is 1. The van der Waals surface area contributed by atoms with Gasteiger partial charge in [-0.05, 0) is 6.07 Å². The van der Waals surface area contributed by atoms with Gasteiger partial charge in [0.1, 0.15) is 16.6 Å². The van der Waals surface area contributed by atoms with E-state index in [1.165, 1.54) is 10.9 Å². The molecule has 0 bridgehead atoms. The number of carbonyl (C=O) groups excluding carboxylic acids is 1. The van der Waals surface area contributed by atoms with Gasteiger partial charge < -0.3 is 15.8 Å². The van der Waals surface area contributed by atoms with Crippen molar-refractivity contribution in [3.05, 3.63) is 41.6 Å². The number of nitrogens with one attached hydrogen (secondary N) is 1. The number of nitrogens with two attached hydrogens (primary N) is 1. The average Bonchev–Trinajstić information content (AvgIpc) is 2.81. The first-order valence-corrected chi connectivity index (χ1v) is 6.67. The fraction of sp³-hybridized carbons (Fsp3) is 0.214. The highest BCUT2D eigenvalue weighted by Crippen LogP contribution is 2.19. The molecule has 0 aliphatic heterocycles. The molecule has 0 aliphatic carbocycles. The lowest BCUT2D eigenvalue weighted by Gasteiger charge is -2.10. The summed E-state index contributed by atoms with van der Waals surface area (Å²) in [5.74, 6) is 0.968. The van der Waals surface area contributed by atoms with Crippen LogP contribution in [0.4, 0.5) is 5.82 Å². The number of methoxy groups -OCH3 is 1. The van der Waals surface area contributed by atoms with Gasteiger partial charge in [0.05, 0.1) is 25.3 Å². The molecule has 0 unspecified atom stereocenters. The fourth-order valence-electron chi connectivity index (χ4n) is 1.96. The number of ether oxygens (including phenoxy) is 1. The van der Waals surface area contributed by atoms with Crippen LogP contribution in [0.25, 0.3) is 0 Å². The molecule has 0 aliphatic rings. The van der Waals surface area contributed by atoms with Crippen LogP contribution < -0.4 is 15.8 Å². The molecule has 0 fully saturated rings. The lowest BCUT2D eigenvalue weighted by molar-refractivity contribution is -0.115. The highest BCUT2D eigenvalue weighted by Gasteiger charge is 2.15. The number of para-hydroxylation sites is 1. The molecule has 110 valence electrons. The standard InChI is InChI=1S/C14H16N4O2S/c1-18-14(10(8-16-18)13(15)21)17-12(19)7-9-5-3-4-6-11(9)20-2/h3-6,8H,7H2,1-2H3,(H2,15,21)(H,17,19). The monoisotopic (exact) mass is 304 g/mol. The van der Waals surface area contributed by atoms with Crippen LogP contribution in [-0.4, -0.2) is 27.8 Å². The SMILES string of the molecule is COc1ccccc1CC(=O)Nc1c(C(N)=S)cnn1C. The molecule has 1 amide bonds. The summed E-state index contributed by atoms with van der Waals surface area (Å²) >= 11 is 4.94. The zero-order chi connectivity index (χ0) is 15.4. The Bertz CT molecular complexity index is 681. The Morgan fingerprint density at radius 2 is 2.19 bits per heavy atom. The Hall–Kier alpha value is -2.41. The van der Waals surface area contributed by atoms with E-state index in [1.54, 1.807) is 14.2 Å². The summed E-state index contributed by atoms with van der Waals surface area (Å²) < 4.78 is 6.75. The molecule has 21 heavy (non-hydrogen) atoms. The molecule has 3 N–H and O–H groups in total. The van der Waals surface area contributed by atoms with Crippen molar-refractivity contribution in [2.75, 3.05) is 12.4 Å². The molecule has 0 spiro atoms. The van der Waals surface area contributed by atoms with Crippen molar-refractivity contribution in [3.63, 3.8) is 0 Å². The Kier molecular flexibility index (Phi) is 4.54. The third-order valence-electron chi connectivity index (χ3n) is 3.01. The molecule has 0 atom stereocenters. The van der Waals surface area contributed by atoms with Gasteiger partial charge in [-0.2, -0.15) is 5.10 Å². The van der Waals surface area contributed by atoms with Gasteiger partial charge in [-0.3, -0.25) is 9.48 Å². The fourth-order valence-corrected chi connectivity index (χ4v) is 2.11. The Morgan fingerprint density at radius 3 is 2.86 bits per heavy atom. The first-order chi connectivity index (χ1) is 10.0. The van der Waals surface area contributed by atoms with Gasteiger partial charge in [0.2, 0.25) is 5.91 Å². The second-order valence-electron chi connectivity index (χ2n) is 4.43. The largest absolute Gasteiger partial charge is 0.496 e. The van der Waals surface area contributed by atoms with E-state index in [1.807, 2.05) is 24.3 Å². The first-order valence-electron chi connectivity index (χ1n) is 6.26. The van der Waals surface area contributed by atoms with E-state index in [4.69, 9.17) is 22.7 Å². The minimum atomic E-state index is -0.194. The van der Waals surface area contributed by atoms with Crippen molar-refractivity contribution in [1.29, 1.82) is 0 Å². The van der Waals surface area contributed by atoms with Crippen LogP contribution in [0.1, 0.15) is 11.1 Å². The number of nitrogens with zero attached hydrogens (tertiary/aromatic N) is 2. The van der Waals surface area contributed by atoms with E-state index in [2.05, 4.69) is 10.4 Å². The molecule has 0 saturated heterocycles. The number of amides is 1. The highest BCUT2D eigenvalue weighted by molar-refractivity contribution is 7.80. The molecule has 2 aromatic rings. The van der Waals surface area contributed by atoms with Crippen LogP contribution in [0.3, 0.4) is 0 Å². The summed E-state index contributed by atoms with van der Waals surface area (Å²) in [6, 6.07) is 7.37. The van der Waals surface area contributed by atoms with E-state index in [0.717, 1.165) is 5.56 Å². The first kappa shape index (κ1) is 15.0. The zero-order valence-electron chi connectivity index (χ0n) is 11.8. The summed E-state index contributed by atoms with van der Waals surface area (Å²) in [5.41, 5.74) is 6.95. The predicted octanol–water partition coefficient (Wildman–Crippen LogP) is 1.24. The second-order valence-corrected chi connectivity index (χ2v) is 4.87. The van der Waals surface area contributed by atoms with Gasteiger partial charge in [-0.1, -0.05) is 30.4 Å². The van der Waals surface area contributed by atoms with Crippen molar-refractivity contribution in [1.82, 2.24) is 9.78 Å². The van der Waals surface area contributed by atoms with E-state index in [9.17, 15) is 4.79 Å². The van der Waals surface area contributed by atoms with Crippen molar-refractivity contribution in [2.24, 2.45) is 12.8 Å². The van der Waals surface area contributed by atoms with Crippen LogP contribution >= 0.6 is 12.2 Å². The van der Waals surface area contributed by atoms with E-state index in [0.29, 0.717) is 17.1 Å². The summed E-state index contributed by atoms with van der Waals surface area (Å²) in [7, 11) is 3.28. The normalized spacial score (nSPS) is 10.2. The van der Waals surface area contributed by atoms with E-state index in [-0.39, 0.29) is 17.3 Å². The predicted molar refractivity (Wildman–Crippen MR) is 84.4 cm³/mol. The lowest BCUT2D eigenvalue weighted by atomic mass is 10.1. The highest BCUT2D eigenvalue weighted by atomic mass is 32.1. The maximum atomic E-state index is 12.2. The summed E-state index contributed by atoms with van der Waals surface area (Å²) in [6.07, 6.45) is 1.72. The topological polar surface area (TPSA) is 82.2 Å². The van der Waals surface area contributed by atoms with Gasteiger partial charge in [0, 0.05) is 12.6 Å². The number of aromatic nitrogens is 2. The smallest absolute Gasteiger partial charge is 0.230 e. The van der Waals surface area contributed by atoms with Gasteiger partial charge in [-0.15, -0.1) is 0 Å². The second kappa shape index (κ2) is 6.36. The quantitative estimate of drug-likeness (QED) is 0.812. The van der Waals surface area contributed by atoms with Crippen LogP contribution in [0.5, 0.6) is 5.75 Å².